The van der Waals surface area contributed by atoms with E-state index in [1.807, 2.05) is 27.7 Å². The number of carboxylic acid groups (broad SMARTS) is 1. The van der Waals surface area contributed by atoms with Gasteiger partial charge in [-0.2, -0.15) is 0 Å². The second-order valence-corrected chi connectivity index (χ2v) is 6.13. The maximum Gasteiger partial charge on any atom is 0.308 e. The summed E-state index contributed by atoms with van der Waals surface area (Å²) in [5, 5.41) is 11.8. The van der Waals surface area contributed by atoms with Crippen molar-refractivity contribution in [2.75, 3.05) is 6.54 Å². The van der Waals surface area contributed by atoms with Crippen LogP contribution in [0.4, 0.5) is 0 Å². The molecule has 0 aliphatic rings. The monoisotopic (exact) mass is 281 g/mol. The predicted octanol–water partition coefficient (Wildman–Crippen LogP) is 2.71. The highest BCUT2D eigenvalue weighted by molar-refractivity contribution is 5.91. The highest BCUT2D eigenvalue weighted by atomic mass is 16.4. The Morgan fingerprint density at radius 1 is 1.35 bits per heavy atom. The Morgan fingerprint density at radius 2 is 2.00 bits per heavy atom. The Morgan fingerprint density at radius 3 is 2.45 bits per heavy atom. The molecule has 1 heterocycles. The van der Waals surface area contributed by atoms with Crippen LogP contribution in [0.25, 0.3) is 0 Å². The van der Waals surface area contributed by atoms with Gasteiger partial charge >= 0.3 is 5.97 Å². The molecule has 1 atom stereocenters. The van der Waals surface area contributed by atoms with Crippen molar-refractivity contribution in [1.29, 1.82) is 0 Å². The van der Waals surface area contributed by atoms with Crippen molar-refractivity contribution in [3.63, 3.8) is 0 Å². The van der Waals surface area contributed by atoms with E-state index in [4.69, 9.17) is 4.42 Å². The molecule has 1 rings (SSSR count). The van der Waals surface area contributed by atoms with Crippen molar-refractivity contribution >= 4 is 11.9 Å². The van der Waals surface area contributed by atoms with Crippen molar-refractivity contribution in [2.45, 2.75) is 40.5 Å². The van der Waals surface area contributed by atoms with Gasteiger partial charge in [0.25, 0.3) is 5.91 Å². The molecule has 0 aliphatic carbocycles. The summed E-state index contributed by atoms with van der Waals surface area (Å²) in [7, 11) is 0. The number of carboxylic acids is 1. The van der Waals surface area contributed by atoms with Gasteiger partial charge in [0.1, 0.15) is 5.76 Å². The van der Waals surface area contributed by atoms with E-state index in [2.05, 4.69) is 5.32 Å². The first-order chi connectivity index (χ1) is 9.23. The SMILES string of the molecule is CCc1ccc(C(=O)NCC(CC(C)(C)C)C(=O)O)o1. The number of carbonyl (C=O) groups excluding carboxylic acids is 1. The molecule has 0 radical (unpaired) electrons. The van der Waals surface area contributed by atoms with Crippen LogP contribution in [0.2, 0.25) is 0 Å². The van der Waals surface area contributed by atoms with Gasteiger partial charge in [-0.25, -0.2) is 0 Å². The highest BCUT2D eigenvalue weighted by Crippen LogP contribution is 2.24. The van der Waals surface area contributed by atoms with Gasteiger partial charge in [-0.1, -0.05) is 27.7 Å². The van der Waals surface area contributed by atoms with Crippen molar-refractivity contribution in [3.8, 4) is 0 Å². The summed E-state index contributed by atoms with van der Waals surface area (Å²) in [5.41, 5.74) is -0.103. The van der Waals surface area contributed by atoms with E-state index in [-0.39, 0.29) is 23.6 Å². The molecule has 0 aromatic carbocycles. The molecular formula is C15H23NO4. The zero-order chi connectivity index (χ0) is 15.3. The average Bonchev–Trinajstić information content (AvgIpc) is 2.81. The first-order valence-electron chi connectivity index (χ1n) is 6.82. The van der Waals surface area contributed by atoms with Crippen molar-refractivity contribution in [1.82, 2.24) is 5.32 Å². The maximum atomic E-state index is 11.9. The summed E-state index contributed by atoms with van der Waals surface area (Å²) in [6, 6.07) is 3.35. The number of hydrogen-bond acceptors (Lipinski definition) is 3. The number of aliphatic carboxylic acids is 1. The van der Waals surface area contributed by atoms with E-state index in [0.29, 0.717) is 6.42 Å². The quantitative estimate of drug-likeness (QED) is 0.840. The molecule has 0 saturated carbocycles. The molecule has 0 spiro atoms. The van der Waals surface area contributed by atoms with Crippen molar-refractivity contribution < 1.29 is 19.1 Å². The molecule has 5 heteroatoms. The summed E-state index contributed by atoms with van der Waals surface area (Å²) in [6.45, 7) is 7.97. The summed E-state index contributed by atoms with van der Waals surface area (Å²) in [4.78, 5) is 23.1. The average molecular weight is 281 g/mol. The van der Waals surface area contributed by atoms with E-state index in [1.54, 1.807) is 12.1 Å². The molecule has 0 bridgehead atoms. The fourth-order valence-electron chi connectivity index (χ4n) is 1.98. The Hall–Kier alpha value is -1.78. The van der Waals surface area contributed by atoms with Crippen LogP contribution in [0.15, 0.2) is 16.5 Å². The van der Waals surface area contributed by atoms with Crippen LogP contribution < -0.4 is 5.32 Å². The van der Waals surface area contributed by atoms with E-state index in [0.717, 1.165) is 12.2 Å². The topological polar surface area (TPSA) is 79.5 Å². The van der Waals surface area contributed by atoms with Crippen LogP contribution >= 0.6 is 0 Å². The molecule has 0 aliphatic heterocycles. The number of carbonyl (C=O) groups is 2. The molecule has 1 aromatic heterocycles. The van der Waals surface area contributed by atoms with Crippen molar-refractivity contribution in [2.24, 2.45) is 11.3 Å². The third-order valence-corrected chi connectivity index (χ3v) is 2.95. The number of amides is 1. The van der Waals surface area contributed by atoms with Crippen LogP contribution in [0.5, 0.6) is 0 Å². The van der Waals surface area contributed by atoms with Gasteiger partial charge < -0.3 is 14.8 Å². The second kappa shape index (κ2) is 6.59. The lowest BCUT2D eigenvalue weighted by Crippen LogP contribution is -2.34. The largest absolute Gasteiger partial charge is 0.481 e. The van der Waals surface area contributed by atoms with Gasteiger partial charge in [-0.15, -0.1) is 0 Å². The lowest BCUT2D eigenvalue weighted by molar-refractivity contribution is -0.142. The van der Waals surface area contributed by atoms with Gasteiger partial charge in [0, 0.05) is 13.0 Å². The molecule has 20 heavy (non-hydrogen) atoms. The van der Waals surface area contributed by atoms with Crippen LogP contribution in [-0.4, -0.2) is 23.5 Å². The fourth-order valence-corrected chi connectivity index (χ4v) is 1.98. The van der Waals surface area contributed by atoms with E-state index in [9.17, 15) is 14.7 Å². The van der Waals surface area contributed by atoms with Crippen LogP contribution in [0.3, 0.4) is 0 Å². The standard InChI is InChI=1S/C15H23NO4/c1-5-11-6-7-12(20-11)13(17)16-9-10(14(18)19)8-15(2,3)4/h6-7,10H,5,8-9H2,1-4H3,(H,16,17)(H,18,19). The number of furan rings is 1. The molecule has 5 nitrogen and oxygen atoms in total. The van der Waals surface area contributed by atoms with E-state index < -0.39 is 11.9 Å². The number of rotatable bonds is 6. The first-order valence-corrected chi connectivity index (χ1v) is 6.82. The highest BCUT2D eigenvalue weighted by Gasteiger charge is 2.25. The zero-order valence-corrected chi connectivity index (χ0v) is 12.5. The van der Waals surface area contributed by atoms with Gasteiger partial charge in [-0.3, -0.25) is 9.59 Å². The van der Waals surface area contributed by atoms with Crippen LogP contribution in [0, 0.1) is 11.3 Å². The Balaban J connectivity index is 2.59. The maximum absolute atomic E-state index is 11.9. The Labute approximate surface area is 119 Å². The minimum Gasteiger partial charge on any atom is -0.481 e. The van der Waals surface area contributed by atoms with Gasteiger partial charge in [0.2, 0.25) is 0 Å². The molecule has 112 valence electrons. The smallest absolute Gasteiger partial charge is 0.308 e. The van der Waals surface area contributed by atoms with E-state index in [1.165, 1.54) is 0 Å². The Kier molecular flexibility index (Phi) is 5.36. The second-order valence-electron chi connectivity index (χ2n) is 6.13. The molecular weight excluding hydrogens is 258 g/mol. The molecule has 0 saturated heterocycles. The predicted molar refractivity (Wildman–Crippen MR) is 75.6 cm³/mol. The number of aryl methyl sites for hydroxylation is 1. The molecule has 0 fully saturated rings. The molecule has 2 N–H and O–H groups in total. The summed E-state index contributed by atoms with van der Waals surface area (Å²) in [5.74, 6) is -0.903. The van der Waals surface area contributed by atoms with Gasteiger partial charge in [-0.05, 0) is 24.0 Å². The van der Waals surface area contributed by atoms with Crippen LogP contribution in [0.1, 0.15) is 50.4 Å². The number of hydrogen-bond donors (Lipinski definition) is 2. The van der Waals surface area contributed by atoms with E-state index >= 15 is 0 Å². The third-order valence-electron chi connectivity index (χ3n) is 2.95. The fraction of sp³-hybridized carbons (Fsp3) is 0.600. The number of nitrogens with one attached hydrogen (secondary N) is 1. The summed E-state index contributed by atoms with van der Waals surface area (Å²) >= 11 is 0. The zero-order valence-electron chi connectivity index (χ0n) is 12.5. The summed E-state index contributed by atoms with van der Waals surface area (Å²) < 4.78 is 5.33. The third kappa shape index (κ3) is 5.07. The Bertz CT molecular complexity index is 470. The normalized spacial score (nSPS) is 13.0. The van der Waals surface area contributed by atoms with Crippen LogP contribution in [-0.2, 0) is 11.2 Å². The summed E-state index contributed by atoms with van der Waals surface area (Å²) in [6.07, 6.45) is 1.22. The van der Waals surface area contributed by atoms with Gasteiger partial charge in [0.15, 0.2) is 5.76 Å². The lowest BCUT2D eigenvalue weighted by atomic mass is 9.84. The molecule has 1 unspecified atom stereocenters. The molecule has 1 aromatic rings. The molecule has 1 amide bonds. The lowest BCUT2D eigenvalue weighted by Gasteiger charge is -2.23. The van der Waals surface area contributed by atoms with Gasteiger partial charge in [0.05, 0.1) is 5.92 Å². The minimum atomic E-state index is -0.895. The van der Waals surface area contributed by atoms with Crippen molar-refractivity contribution in [3.05, 3.63) is 23.7 Å². The first kappa shape index (κ1) is 16.3. The minimum absolute atomic E-state index is 0.103.